The summed E-state index contributed by atoms with van der Waals surface area (Å²) < 4.78 is 26.3. The van der Waals surface area contributed by atoms with E-state index in [0.29, 0.717) is 17.8 Å². The van der Waals surface area contributed by atoms with Gasteiger partial charge in [0.05, 0.1) is 6.42 Å². The molecule has 0 spiro atoms. The summed E-state index contributed by atoms with van der Waals surface area (Å²) in [5.41, 5.74) is 0. The highest BCUT2D eigenvalue weighted by atomic mass is 32.2. The molecule has 2 N–H and O–H groups in total. The number of nitrogens with zero attached hydrogens (tertiary/aromatic N) is 1. The van der Waals surface area contributed by atoms with Gasteiger partial charge in [-0.2, -0.15) is 4.31 Å². The minimum atomic E-state index is -3.61. The van der Waals surface area contributed by atoms with Gasteiger partial charge in [-0.25, -0.2) is 8.42 Å². The topological polar surface area (TPSA) is 104 Å². The number of rotatable bonds is 5. The van der Waals surface area contributed by atoms with Gasteiger partial charge < -0.3 is 10.4 Å². The van der Waals surface area contributed by atoms with Crippen molar-refractivity contribution in [2.75, 3.05) is 13.1 Å². The number of amides is 1. The molecule has 1 aliphatic heterocycles. The van der Waals surface area contributed by atoms with Gasteiger partial charge in [0, 0.05) is 30.9 Å². The summed E-state index contributed by atoms with van der Waals surface area (Å²) in [5.74, 6) is -1.17. The maximum absolute atomic E-state index is 12.4. The standard InChI is InChI=1S/C12H16N2O5S2/c1-8(15)13-9-4-5-14(7-9)21(18,19)12-3-2-10(20-12)6-11(16)17/h2-3,9H,4-7H2,1H3,(H,13,15)(H,16,17). The third kappa shape index (κ3) is 3.80. The van der Waals surface area contributed by atoms with Crippen molar-refractivity contribution in [3.8, 4) is 0 Å². The summed E-state index contributed by atoms with van der Waals surface area (Å²) >= 11 is 0.972. The molecule has 0 radical (unpaired) electrons. The number of hydrogen-bond acceptors (Lipinski definition) is 5. The maximum atomic E-state index is 12.4. The minimum absolute atomic E-state index is 0.141. The third-order valence-corrected chi connectivity index (χ3v) is 6.53. The molecular weight excluding hydrogens is 316 g/mol. The van der Waals surface area contributed by atoms with E-state index in [9.17, 15) is 18.0 Å². The fraction of sp³-hybridized carbons (Fsp3) is 0.500. The molecular formula is C12H16N2O5S2. The van der Waals surface area contributed by atoms with Crippen LogP contribution in [-0.4, -0.2) is 48.8 Å². The molecule has 1 unspecified atom stereocenters. The zero-order valence-electron chi connectivity index (χ0n) is 11.4. The van der Waals surface area contributed by atoms with Crippen LogP contribution in [0.25, 0.3) is 0 Å². The molecule has 0 aromatic carbocycles. The van der Waals surface area contributed by atoms with Crippen LogP contribution in [0.15, 0.2) is 16.3 Å². The van der Waals surface area contributed by atoms with Crippen molar-refractivity contribution in [2.45, 2.75) is 30.0 Å². The fourth-order valence-corrected chi connectivity index (χ4v) is 5.22. The first-order valence-corrected chi connectivity index (χ1v) is 8.62. The number of carboxylic acids is 1. The lowest BCUT2D eigenvalue weighted by atomic mass is 10.3. The van der Waals surface area contributed by atoms with Crippen LogP contribution in [0.1, 0.15) is 18.2 Å². The fourth-order valence-electron chi connectivity index (χ4n) is 2.22. The average Bonchev–Trinajstić information content (AvgIpc) is 2.97. The summed E-state index contributed by atoms with van der Waals surface area (Å²) in [6, 6.07) is 2.78. The molecule has 2 rings (SSSR count). The molecule has 1 aromatic rings. The van der Waals surface area contributed by atoms with Crippen molar-refractivity contribution in [3.05, 3.63) is 17.0 Å². The van der Waals surface area contributed by atoms with E-state index in [-0.39, 0.29) is 29.1 Å². The maximum Gasteiger partial charge on any atom is 0.308 e. The number of hydrogen-bond donors (Lipinski definition) is 2. The van der Waals surface area contributed by atoms with Crippen molar-refractivity contribution in [3.63, 3.8) is 0 Å². The number of nitrogens with one attached hydrogen (secondary N) is 1. The molecule has 0 saturated carbocycles. The molecule has 1 amide bonds. The molecule has 116 valence electrons. The van der Waals surface area contributed by atoms with Gasteiger partial charge in [-0.3, -0.25) is 9.59 Å². The van der Waals surface area contributed by atoms with E-state index in [0.717, 1.165) is 11.3 Å². The van der Waals surface area contributed by atoms with Crippen molar-refractivity contribution in [2.24, 2.45) is 0 Å². The van der Waals surface area contributed by atoms with Crippen LogP contribution in [0.3, 0.4) is 0 Å². The Balaban J connectivity index is 2.10. The van der Waals surface area contributed by atoms with Gasteiger partial charge in [0.15, 0.2) is 0 Å². The van der Waals surface area contributed by atoms with Gasteiger partial charge in [0.2, 0.25) is 5.91 Å². The highest BCUT2D eigenvalue weighted by Gasteiger charge is 2.33. The van der Waals surface area contributed by atoms with Crippen molar-refractivity contribution < 1.29 is 23.1 Å². The number of sulfonamides is 1. The highest BCUT2D eigenvalue weighted by Crippen LogP contribution is 2.27. The predicted molar refractivity (Wildman–Crippen MR) is 76.6 cm³/mol. The van der Waals surface area contributed by atoms with Crippen LogP contribution in [0.5, 0.6) is 0 Å². The molecule has 1 aromatic heterocycles. The Hall–Kier alpha value is -1.45. The Morgan fingerprint density at radius 3 is 2.81 bits per heavy atom. The largest absolute Gasteiger partial charge is 0.481 e. The second kappa shape index (κ2) is 6.12. The second-order valence-corrected chi connectivity index (χ2v) is 8.17. The molecule has 1 fully saturated rings. The highest BCUT2D eigenvalue weighted by molar-refractivity contribution is 7.91. The average molecular weight is 332 g/mol. The van der Waals surface area contributed by atoms with Crippen molar-refractivity contribution >= 4 is 33.2 Å². The van der Waals surface area contributed by atoms with Gasteiger partial charge >= 0.3 is 5.97 Å². The lowest BCUT2D eigenvalue weighted by Gasteiger charge is -2.15. The molecule has 1 aliphatic rings. The van der Waals surface area contributed by atoms with Gasteiger partial charge in [-0.15, -0.1) is 11.3 Å². The van der Waals surface area contributed by atoms with Gasteiger partial charge in [0.25, 0.3) is 10.0 Å². The number of carbonyl (C=O) groups is 2. The van der Waals surface area contributed by atoms with Crippen LogP contribution < -0.4 is 5.32 Å². The van der Waals surface area contributed by atoms with E-state index in [1.54, 1.807) is 0 Å². The van der Waals surface area contributed by atoms with Gasteiger partial charge in [-0.05, 0) is 18.6 Å². The molecule has 2 heterocycles. The molecule has 1 saturated heterocycles. The molecule has 21 heavy (non-hydrogen) atoms. The minimum Gasteiger partial charge on any atom is -0.481 e. The lowest BCUT2D eigenvalue weighted by molar-refractivity contribution is -0.136. The van der Waals surface area contributed by atoms with Gasteiger partial charge in [-0.1, -0.05) is 0 Å². The second-order valence-electron chi connectivity index (χ2n) is 4.84. The van der Waals surface area contributed by atoms with Crippen LogP contribution in [-0.2, 0) is 26.0 Å². The first kappa shape index (κ1) is 15.9. The molecule has 0 bridgehead atoms. The van der Waals surface area contributed by atoms with E-state index in [1.807, 2.05) is 0 Å². The molecule has 1 atom stereocenters. The van der Waals surface area contributed by atoms with E-state index in [4.69, 9.17) is 5.11 Å². The van der Waals surface area contributed by atoms with Crippen LogP contribution in [0, 0.1) is 0 Å². The SMILES string of the molecule is CC(=O)NC1CCN(S(=O)(=O)c2ccc(CC(=O)O)s2)C1. The van der Waals surface area contributed by atoms with Crippen LogP contribution in [0.2, 0.25) is 0 Å². The Labute approximate surface area is 126 Å². The van der Waals surface area contributed by atoms with Crippen LogP contribution >= 0.6 is 11.3 Å². The van der Waals surface area contributed by atoms with E-state index < -0.39 is 16.0 Å². The Bertz CT molecular complexity index is 652. The number of carbonyl (C=O) groups excluding carboxylic acids is 1. The molecule has 9 heteroatoms. The van der Waals surface area contributed by atoms with E-state index in [2.05, 4.69) is 5.32 Å². The van der Waals surface area contributed by atoms with Gasteiger partial charge in [0.1, 0.15) is 4.21 Å². The summed E-state index contributed by atoms with van der Waals surface area (Å²) in [7, 11) is -3.61. The van der Waals surface area contributed by atoms with Crippen LogP contribution in [0.4, 0.5) is 0 Å². The van der Waals surface area contributed by atoms with Crippen molar-refractivity contribution in [1.82, 2.24) is 9.62 Å². The Kier molecular flexibility index (Phi) is 4.64. The predicted octanol–water partition coefficient (Wildman–Crippen LogP) is 0.274. The van der Waals surface area contributed by atoms with Crippen molar-refractivity contribution in [1.29, 1.82) is 0 Å². The lowest BCUT2D eigenvalue weighted by Crippen LogP contribution is -2.37. The quantitative estimate of drug-likeness (QED) is 0.806. The number of aliphatic carboxylic acids is 1. The number of carboxylic acid groups (broad SMARTS) is 1. The molecule has 7 nitrogen and oxygen atoms in total. The zero-order valence-corrected chi connectivity index (χ0v) is 13.0. The summed E-state index contributed by atoms with van der Waals surface area (Å²) in [4.78, 5) is 22.1. The summed E-state index contributed by atoms with van der Waals surface area (Å²) in [6.07, 6.45) is 0.390. The summed E-state index contributed by atoms with van der Waals surface area (Å²) in [5, 5.41) is 11.4. The van der Waals surface area contributed by atoms with E-state index >= 15 is 0 Å². The smallest absolute Gasteiger partial charge is 0.308 e. The monoisotopic (exact) mass is 332 g/mol. The normalized spacial score (nSPS) is 19.6. The number of thiophene rings is 1. The first-order chi connectivity index (χ1) is 9.79. The third-order valence-electron chi connectivity index (χ3n) is 3.11. The summed E-state index contributed by atoms with van der Waals surface area (Å²) in [6.45, 7) is 1.99. The Morgan fingerprint density at radius 1 is 1.48 bits per heavy atom. The molecule has 0 aliphatic carbocycles. The van der Waals surface area contributed by atoms with E-state index in [1.165, 1.54) is 23.4 Å². The zero-order chi connectivity index (χ0) is 15.6. The Morgan fingerprint density at radius 2 is 2.19 bits per heavy atom. The first-order valence-electron chi connectivity index (χ1n) is 6.37.